The molecule has 0 radical (unpaired) electrons. The molecule has 6 nitrogen and oxygen atoms in total. The van der Waals surface area contributed by atoms with Gasteiger partial charge in [-0.05, 0) is 13.3 Å². The third-order valence-corrected chi connectivity index (χ3v) is 2.66. The Hall–Kier alpha value is -1.43. The number of imide groups is 1. The van der Waals surface area contributed by atoms with E-state index < -0.39 is 23.3 Å². The molecule has 1 aliphatic rings. The molecule has 1 unspecified atom stereocenters. The van der Waals surface area contributed by atoms with Gasteiger partial charge < -0.3 is 9.84 Å². The van der Waals surface area contributed by atoms with Crippen molar-refractivity contribution in [3.8, 4) is 0 Å². The molecule has 1 heterocycles. The smallest absolute Gasteiger partial charge is 0.332 e. The predicted octanol–water partition coefficient (Wildman–Crippen LogP) is 0.0152. The van der Waals surface area contributed by atoms with Crippen LogP contribution >= 0.6 is 0 Å². The Bertz CT molecular complexity index is 311. The van der Waals surface area contributed by atoms with E-state index in [-0.39, 0.29) is 19.4 Å². The summed E-state index contributed by atoms with van der Waals surface area (Å²) in [4.78, 5) is 35.2. The van der Waals surface area contributed by atoms with Gasteiger partial charge in [0.2, 0.25) is 11.8 Å². The monoisotopic (exact) mass is 229 g/mol. The van der Waals surface area contributed by atoms with Crippen LogP contribution in [-0.2, 0) is 19.1 Å². The van der Waals surface area contributed by atoms with Crippen LogP contribution in [0.25, 0.3) is 0 Å². The minimum atomic E-state index is -1.61. The van der Waals surface area contributed by atoms with Crippen molar-refractivity contribution in [1.29, 1.82) is 0 Å². The maximum Gasteiger partial charge on any atom is 0.332 e. The molecule has 2 amide bonds. The molecule has 0 aromatic rings. The third kappa shape index (κ3) is 2.06. The number of ether oxygens (including phenoxy) is 1. The minimum absolute atomic E-state index is 0.207. The molecule has 1 aliphatic heterocycles. The molecule has 1 saturated heterocycles. The van der Waals surface area contributed by atoms with E-state index in [0.29, 0.717) is 6.42 Å². The highest BCUT2D eigenvalue weighted by molar-refractivity contribution is 6.02. The summed E-state index contributed by atoms with van der Waals surface area (Å²) in [5.74, 6) is -2.13. The van der Waals surface area contributed by atoms with Crippen LogP contribution in [0.5, 0.6) is 0 Å². The van der Waals surface area contributed by atoms with Crippen LogP contribution < -0.4 is 0 Å². The molecule has 1 N–H and O–H groups in total. The standard InChI is InChI=1S/C10H15NO5/c1-10(6-16-2,9(14)15)11-7(12)4-3-5-8(11)13/h3-6H2,1-2H3,(H,14,15). The van der Waals surface area contributed by atoms with E-state index in [9.17, 15) is 14.4 Å². The van der Waals surface area contributed by atoms with Crippen LogP contribution in [-0.4, -0.2) is 47.0 Å². The fraction of sp³-hybridized carbons (Fsp3) is 0.700. The van der Waals surface area contributed by atoms with Gasteiger partial charge in [0, 0.05) is 20.0 Å². The topological polar surface area (TPSA) is 83.9 Å². The zero-order chi connectivity index (χ0) is 12.3. The van der Waals surface area contributed by atoms with Crippen LogP contribution in [0.2, 0.25) is 0 Å². The molecule has 0 aliphatic carbocycles. The fourth-order valence-corrected chi connectivity index (χ4v) is 1.81. The van der Waals surface area contributed by atoms with Gasteiger partial charge in [0.05, 0.1) is 6.61 Å². The number of aliphatic carboxylic acids is 1. The van der Waals surface area contributed by atoms with Gasteiger partial charge in [-0.2, -0.15) is 0 Å². The first kappa shape index (κ1) is 12.6. The number of carboxylic acids is 1. The van der Waals surface area contributed by atoms with Gasteiger partial charge in [-0.1, -0.05) is 0 Å². The van der Waals surface area contributed by atoms with Gasteiger partial charge in [-0.3, -0.25) is 14.5 Å². The predicted molar refractivity (Wildman–Crippen MR) is 53.6 cm³/mol. The molecule has 0 aromatic heterocycles. The molecular formula is C10H15NO5. The Balaban J connectivity index is 3.04. The van der Waals surface area contributed by atoms with E-state index in [1.54, 1.807) is 0 Å². The Morgan fingerprint density at radius 3 is 2.31 bits per heavy atom. The van der Waals surface area contributed by atoms with Crippen molar-refractivity contribution in [3.63, 3.8) is 0 Å². The molecule has 0 saturated carbocycles. The highest BCUT2D eigenvalue weighted by Gasteiger charge is 2.47. The number of piperidine rings is 1. The lowest BCUT2D eigenvalue weighted by Crippen LogP contribution is -2.61. The van der Waals surface area contributed by atoms with Crippen molar-refractivity contribution in [2.45, 2.75) is 31.7 Å². The Morgan fingerprint density at radius 2 is 1.94 bits per heavy atom. The normalized spacial score (nSPS) is 20.8. The Labute approximate surface area is 93.2 Å². The average molecular weight is 229 g/mol. The first-order valence-electron chi connectivity index (χ1n) is 5.01. The fourth-order valence-electron chi connectivity index (χ4n) is 1.81. The van der Waals surface area contributed by atoms with E-state index in [0.717, 1.165) is 4.90 Å². The summed E-state index contributed by atoms with van der Waals surface area (Å²) in [6.07, 6.45) is 0.896. The number of carboxylic acid groups (broad SMARTS) is 1. The molecule has 0 spiro atoms. The largest absolute Gasteiger partial charge is 0.479 e. The van der Waals surface area contributed by atoms with E-state index in [4.69, 9.17) is 9.84 Å². The summed E-state index contributed by atoms with van der Waals surface area (Å²) >= 11 is 0. The molecule has 0 bridgehead atoms. The van der Waals surface area contributed by atoms with Gasteiger partial charge in [0.1, 0.15) is 0 Å². The van der Waals surface area contributed by atoms with E-state index >= 15 is 0 Å². The maximum absolute atomic E-state index is 11.6. The van der Waals surface area contributed by atoms with Crippen LogP contribution in [0, 0.1) is 0 Å². The number of hydrogen-bond acceptors (Lipinski definition) is 4. The number of hydrogen-bond donors (Lipinski definition) is 1. The van der Waals surface area contributed by atoms with Crippen LogP contribution in [0.15, 0.2) is 0 Å². The van der Waals surface area contributed by atoms with E-state index in [1.165, 1.54) is 14.0 Å². The summed E-state index contributed by atoms with van der Waals surface area (Å²) in [7, 11) is 1.33. The summed E-state index contributed by atoms with van der Waals surface area (Å²) < 4.78 is 4.79. The van der Waals surface area contributed by atoms with Crippen molar-refractivity contribution in [3.05, 3.63) is 0 Å². The Morgan fingerprint density at radius 1 is 1.44 bits per heavy atom. The van der Waals surface area contributed by atoms with Crippen molar-refractivity contribution >= 4 is 17.8 Å². The van der Waals surface area contributed by atoms with Gasteiger partial charge >= 0.3 is 5.97 Å². The molecule has 1 rings (SSSR count). The summed E-state index contributed by atoms with van der Waals surface area (Å²) in [6, 6.07) is 0. The molecule has 16 heavy (non-hydrogen) atoms. The van der Waals surface area contributed by atoms with Crippen molar-refractivity contribution in [1.82, 2.24) is 4.90 Å². The SMILES string of the molecule is COCC(C)(C(=O)O)N1C(=O)CCCC1=O. The molecule has 6 heteroatoms. The number of carbonyl (C=O) groups is 3. The highest BCUT2D eigenvalue weighted by atomic mass is 16.5. The number of amides is 2. The zero-order valence-corrected chi connectivity index (χ0v) is 9.36. The second-order valence-corrected chi connectivity index (χ2v) is 3.99. The van der Waals surface area contributed by atoms with Crippen molar-refractivity contribution in [2.24, 2.45) is 0 Å². The van der Waals surface area contributed by atoms with Crippen LogP contribution in [0.3, 0.4) is 0 Å². The highest BCUT2D eigenvalue weighted by Crippen LogP contribution is 2.23. The summed E-state index contributed by atoms with van der Waals surface area (Å²) in [5.41, 5.74) is -1.61. The molecule has 1 atom stereocenters. The average Bonchev–Trinajstić information content (AvgIpc) is 2.17. The Kier molecular flexibility index (Phi) is 3.64. The lowest BCUT2D eigenvalue weighted by Gasteiger charge is -2.37. The second-order valence-electron chi connectivity index (χ2n) is 3.99. The first-order chi connectivity index (χ1) is 7.43. The van der Waals surface area contributed by atoms with Gasteiger partial charge in [0.25, 0.3) is 0 Å². The molecular weight excluding hydrogens is 214 g/mol. The lowest BCUT2D eigenvalue weighted by molar-refractivity contribution is -0.171. The summed E-state index contributed by atoms with van der Waals surface area (Å²) in [5, 5.41) is 9.13. The summed E-state index contributed by atoms with van der Waals surface area (Å²) in [6.45, 7) is 1.11. The number of rotatable bonds is 4. The maximum atomic E-state index is 11.6. The van der Waals surface area contributed by atoms with E-state index in [2.05, 4.69) is 0 Å². The molecule has 0 aromatic carbocycles. The van der Waals surface area contributed by atoms with Gasteiger partial charge in [-0.15, -0.1) is 0 Å². The van der Waals surface area contributed by atoms with Crippen LogP contribution in [0.4, 0.5) is 0 Å². The first-order valence-corrected chi connectivity index (χ1v) is 5.01. The van der Waals surface area contributed by atoms with E-state index in [1.807, 2.05) is 0 Å². The van der Waals surface area contributed by atoms with Crippen molar-refractivity contribution in [2.75, 3.05) is 13.7 Å². The lowest BCUT2D eigenvalue weighted by atomic mass is 9.96. The van der Waals surface area contributed by atoms with Crippen LogP contribution in [0.1, 0.15) is 26.2 Å². The zero-order valence-electron chi connectivity index (χ0n) is 9.36. The number of methoxy groups -OCH3 is 1. The van der Waals surface area contributed by atoms with Crippen molar-refractivity contribution < 1.29 is 24.2 Å². The third-order valence-electron chi connectivity index (χ3n) is 2.66. The number of carbonyl (C=O) groups excluding carboxylic acids is 2. The number of likely N-dealkylation sites (tertiary alicyclic amines) is 1. The molecule has 90 valence electrons. The molecule has 1 fully saturated rings. The minimum Gasteiger partial charge on any atom is -0.479 e. The van der Waals surface area contributed by atoms with Gasteiger partial charge in [-0.25, -0.2) is 4.79 Å². The number of nitrogens with zero attached hydrogens (tertiary/aromatic N) is 1. The second kappa shape index (κ2) is 4.61. The van der Waals surface area contributed by atoms with Gasteiger partial charge in [0.15, 0.2) is 5.54 Å². The quantitative estimate of drug-likeness (QED) is 0.687.